The summed E-state index contributed by atoms with van der Waals surface area (Å²) >= 11 is 0. The van der Waals surface area contributed by atoms with Crippen LogP contribution in [-0.4, -0.2) is 0 Å². The van der Waals surface area contributed by atoms with Gasteiger partial charge in [-0.3, -0.25) is 0 Å². The van der Waals surface area contributed by atoms with E-state index < -0.39 is 0 Å². The molecule has 0 N–H and O–H groups in total. The maximum atomic E-state index is 2.54. The molecule has 3 unspecified atom stereocenters. The standard InChI is InChI=1S/C21H40/c1-15(2)18-12-13-21(17(5)6,20(14-18)16(3)4)19-10-8-7-9-11-19/h15-20H,7-14H2,1-6H3. The normalized spacial score (nSPS) is 35.9. The zero-order valence-electron chi connectivity index (χ0n) is 15.6. The van der Waals surface area contributed by atoms with Crippen molar-refractivity contribution in [1.82, 2.24) is 0 Å². The molecule has 0 amide bonds. The maximum Gasteiger partial charge on any atom is -0.0215 e. The number of hydrogen-bond acceptors (Lipinski definition) is 0. The van der Waals surface area contributed by atoms with Crippen molar-refractivity contribution >= 4 is 0 Å². The van der Waals surface area contributed by atoms with Crippen molar-refractivity contribution in [3.05, 3.63) is 0 Å². The van der Waals surface area contributed by atoms with Crippen molar-refractivity contribution in [3.63, 3.8) is 0 Å². The Morgan fingerprint density at radius 1 is 0.762 bits per heavy atom. The molecule has 0 radical (unpaired) electrons. The summed E-state index contributed by atoms with van der Waals surface area (Å²) in [6.45, 7) is 15.0. The molecule has 2 aliphatic carbocycles. The van der Waals surface area contributed by atoms with Gasteiger partial charge in [-0.25, -0.2) is 0 Å². The second-order valence-electron chi connectivity index (χ2n) is 9.23. The lowest BCUT2D eigenvalue weighted by molar-refractivity contribution is -0.0781. The van der Waals surface area contributed by atoms with Gasteiger partial charge in [0.2, 0.25) is 0 Å². The molecule has 0 bridgehead atoms. The van der Waals surface area contributed by atoms with E-state index in [4.69, 9.17) is 0 Å². The first-order valence-electron chi connectivity index (χ1n) is 9.89. The molecule has 0 heterocycles. The average Bonchev–Trinajstić information content (AvgIpc) is 2.46. The first-order chi connectivity index (χ1) is 9.89. The van der Waals surface area contributed by atoms with E-state index in [-0.39, 0.29) is 0 Å². The van der Waals surface area contributed by atoms with Crippen LogP contribution in [-0.2, 0) is 0 Å². The van der Waals surface area contributed by atoms with Gasteiger partial charge in [-0.1, -0.05) is 60.8 Å². The second-order valence-corrected chi connectivity index (χ2v) is 9.23. The Labute approximate surface area is 134 Å². The lowest BCUT2D eigenvalue weighted by atomic mass is 9.48. The molecule has 21 heavy (non-hydrogen) atoms. The highest BCUT2D eigenvalue weighted by molar-refractivity contribution is 5.00. The fourth-order valence-corrected chi connectivity index (χ4v) is 6.12. The molecule has 0 saturated heterocycles. The van der Waals surface area contributed by atoms with Crippen LogP contribution in [0.5, 0.6) is 0 Å². The van der Waals surface area contributed by atoms with Crippen molar-refractivity contribution in [1.29, 1.82) is 0 Å². The van der Waals surface area contributed by atoms with E-state index in [1.165, 1.54) is 51.4 Å². The average molecular weight is 293 g/mol. The molecule has 0 aliphatic heterocycles. The number of hydrogen-bond donors (Lipinski definition) is 0. The third-order valence-electron chi connectivity index (χ3n) is 7.38. The van der Waals surface area contributed by atoms with E-state index in [0.29, 0.717) is 5.41 Å². The maximum absolute atomic E-state index is 2.54. The van der Waals surface area contributed by atoms with Gasteiger partial charge < -0.3 is 0 Å². The van der Waals surface area contributed by atoms with E-state index in [1.54, 1.807) is 0 Å². The molecule has 0 heteroatoms. The van der Waals surface area contributed by atoms with E-state index >= 15 is 0 Å². The highest BCUT2D eigenvalue weighted by atomic mass is 14.6. The highest BCUT2D eigenvalue weighted by Gasteiger charge is 2.51. The van der Waals surface area contributed by atoms with Crippen molar-refractivity contribution in [2.75, 3.05) is 0 Å². The zero-order valence-corrected chi connectivity index (χ0v) is 15.6. The molecule has 3 atom stereocenters. The van der Waals surface area contributed by atoms with Gasteiger partial charge in [0.25, 0.3) is 0 Å². The SMILES string of the molecule is CC(C)C1CCC(C(C)C)(C2CCCCC2)C(C(C)C)C1. The van der Waals surface area contributed by atoms with Gasteiger partial charge in [0.15, 0.2) is 0 Å². The van der Waals surface area contributed by atoms with Gasteiger partial charge >= 0.3 is 0 Å². The Hall–Kier alpha value is 0. The number of rotatable bonds is 4. The van der Waals surface area contributed by atoms with E-state index in [2.05, 4.69) is 41.5 Å². The van der Waals surface area contributed by atoms with Gasteiger partial charge in [-0.2, -0.15) is 0 Å². The van der Waals surface area contributed by atoms with Crippen LogP contribution < -0.4 is 0 Å². The second kappa shape index (κ2) is 7.05. The minimum absolute atomic E-state index is 0.653. The van der Waals surface area contributed by atoms with Crippen molar-refractivity contribution < 1.29 is 0 Å². The summed E-state index contributed by atoms with van der Waals surface area (Å²) < 4.78 is 0. The fourth-order valence-electron chi connectivity index (χ4n) is 6.12. The van der Waals surface area contributed by atoms with Crippen LogP contribution in [0.2, 0.25) is 0 Å². The van der Waals surface area contributed by atoms with Gasteiger partial charge in [0.1, 0.15) is 0 Å². The van der Waals surface area contributed by atoms with Crippen LogP contribution in [0.3, 0.4) is 0 Å². The Morgan fingerprint density at radius 2 is 1.38 bits per heavy atom. The first kappa shape index (κ1) is 17.4. The minimum atomic E-state index is 0.653. The Balaban J connectivity index is 2.28. The zero-order chi connectivity index (χ0) is 15.6. The van der Waals surface area contributed by atoms with Gasteiger partial charge in [0, 0.05) is 0 Å². The lowest BCUT2D eigenvalue weighted by Crippen LogP contribution is -2.49. The smallest absolute Gasteiger partial charge is 0.0215 e. The van der Waals surface area contributed by atoms with Gasteiger partial charge in [-0.15, -0.1) is 0 Å². The molecule has 2 saturated carbocycles. The molecule has 2 rings (SSSR count). The molecule has 0 aromatic carbocycles. The third-order valence-corrected chi connectivity index (χ3v) is 7.38. The molecule has 124 valence electrons. The Kier molecular flexibility index (Phi) is 5.83. The summed E-state index contributed by atoms with van der Waals surface area (Å²) in [4.78, 5) is 0. The lowest BCUT2D eigenvalue weighted by Gasteiger charge is -2.57. The monoisotopic (exact) mass is 292 g/mol. The summed E-state index contributed by atoms with van der Waals surface area (Å²) in [6.07, 6.45) is 12.0. The van der Waals surface area contributed by atoms with E-state index in [0.717, 1.165) is 35.5 Å². The fraction of sp³-hybridized carbons (Fsp3) is 1.00. The Morgan fingerprint density at radius 3 is 1.86 bits per heavy atom. The van der Waals surface area contributed by atoms with Gasteiger partial charge in [-0.05, 0) is 73.0 Å². The van der Waals surface area contributed by atoms with Crippen LogP contribution in [0.4, 0.5) is 0 Å². The van der Waals surface area contributed by atoms with Crippen molar-refractivity contribution in [3.8, 4) is 0 Å². The predicted molar refractivity (Wildman–Crippen MR) is 94.4 cm³/mol. The van der Waals surface area contributed by atoms with Crippen molar-refractivity contribution in [2.45, 2.75) is 92.9 Å². The van der Waals surface area contributed by atoms with E-state index in [9.17, 15) is 0 Å². The summed E-state index contributed by atoms with van der Waals surface area (Å²) in [5.41, 5.74) is 0.653. The Bertz CT molecular complexity index is 308. The predicted octanol–water partition coefficient (Wildman–Crippen LogP) is 6.94. The summed E-state index contributed by atoms with van der Waals surface area (Å²) in [5.74, 6) is 5.56. The van der Waals surface area contributed by atoms with Crippen LogP contribution >= 0.6 is 0 Å². The third kappa shape index (κ3) is 3.35. The highest BCUT2D eigenvalue weighted by Crippen LogP contribution is 2.59. The molecule has 2 aliphatic rings. The van der Waals surface area contributed by atoms with Crippen LogP contribution in [0.1, 0.15) is 92.9 Å². The van der Waals surface area contributed by atoms with E-state index in [1.807, 2.05) is 0 Å². The molecule has 0 aromatic rings. The largest absolute Gasteiger partial charge is 0.0625 e. The summed E-state index contributed by atoms with van der Waals surface area (Å²) in [6, 6.07) is 0. The van der Waals surface area contributed by atoms with Gasteiger partial charge in [0.05, 0.1) is 0 Å². The quantitative estimate of drug-likeness (QED) is 0.526. The van der Waals surface area contributed by atoms with Crippen LogP contribution in [0.25, 0.3) is 0 Å². The summed E-state index contributed by atoms with van der Waals surface area (Å²) in [5, 5.41) is 0. The molecule has 0 aromatic heterocycles. The van der Waals surface area contributed by atoms with Crippen LogP contribution in [0, 0.1) is 40.9 Å². The molecular weight excluding hydrogens is 252 g/mol. The molecule has 0 nitrogen and oxygen atoms in total. The summed E-state index contributed by atoms with van der Waals surface area (Å²) in [7, 11) is 0. The molecular formula is C21H40. The molecule has 0 spiro atoms. The topological polar surface area (TPSA) is 0 Å². The first-order valence-corrected chi connectivity index (χ1v) is 9.89. The van der Waals surface area contributed by atoms with Crippen molar-refractivity contribution in [2.24, 2.45) is 40.9 Å². The molecule has 2 fully saturated rings. The minimum Gasteiger partial charge on any atom is -0.0625 e. The van der Waals surface area contributed by atoms with Crippen LogP contribution in [0.15, 0.2) is 0 Å².